The minimum Gasteiger partial charge on any atom is -0.444 e. The lowest BCUT2D eigenvalue weighted by atomic mass is 10.1. The van der Waals surface area contributed by atoms with Gasteiger partial charge in [-0.2, -0.15) is 0 Å². The van der Waals surface area contributed by atoms with E-state index in [0.717, 1.165) is 12.8 Å². The molecule has 0 radical (unpaired) electrons. The number of amides is 2. The standard InChI is InChI=1S/C12H20N2O3/c1-12(2,3)17-11(16)13-8-6-9(15)14-10(8)7-4-5-7/h7-8,10H,4-6H2,1-3H3,(H,13,16)(H,14,15)/t8-,10+/m0/s1. The van der Waals surface area contributed by atoms with Crippen LogP contribution in [0.1, 0.15) is 40.0 Å². The van der Waals surface area contributed by atoms with E-state index in [-0.39, 0.29) is 18.0 Å². The molecule has 1 aliphatic heterocycles. The lowest BCUT2D eigenvalue weighted by molar-refractivity contribution is -0.119. The van der Waals surface area contributed by atoms with E-state index in [4.69, 9.17) is 4.74 Å². The van der Waals surface area contributed by atoms with E-state index in [0.29, 0.717) is 12.3 Å². The zero-order chi connectivity index (χ0) is 12.6. The van der Waals surface area contributed by atoms with Gasteiger partial charge in [-0.25, -0.2) is 4.79 Å². The van der Waals surface area contributed by atoms with Crippen LogP contribution in [-0.4, -0.2) is 29.7 Å². The molecule has 0 unspecified atom stereocenters. The maximum absolute atomic E-state index is 11.6. The highest BCUT2D eigenvalue weighted by atomic mass is 16.6. The van der Waals surface area contributed by atoms with Crippen molar-refractivity contribution < 1.29 is 14.3 Å². The monoisotopic (exact) mass is 240 g/mol. The van der Waals surface area contributed by atoms with Gasteiger partial charge >= 0.3 is 6.09 Å². The van der Waals surface area contributed by atoms with Crippen LogP contribution >= 0.6 is 0 Å². The molecule has 0 bridgehead atoms. The smallest absolute Gasteiger partial charge is 0.407 e. The number of ether oxygens (including phenoxy) is 1. The Balaban J connectivity index is 1.88. The zero-order valence-electron chi connectivity index (χ0n) is 10.6. The average molecular weight is 240 g/mol. The Morgan fingerprint density at radius 2 is 2.06 bits per heavy atom. The van der Waals surface area contributed by atoms with Crippen LogP contribution in [0.15, 0.2) is 0 Å². The van der Waals surface area contributed by atoms with Crippen molar-refractivity contribution in [3.05, 3.63) is 0 Å². The maximum atomic E-state index is 11.6. The van der Waals surface area contributed by atoms with Gasteiger partial charge in [0.1, 0.15) is 5.60 Å². The maximum Gasteiger partial charge on any atom is 0.407 e. The predicted octanol–water partition coefficient (Wildman–Crippen LogP) is 1.18. The molecule has 0 aromatic carbocycles. The van der Waals surface area contributed by atoms with Crippen molar-refractivity contribution in [1.82, 2.24) is 10.6 Å². The second-order valence-corrected chi connectivity index (χ2v) is 5.89. The van der Waals surface area contributed by atoms with Gasteiger partial charge in [-0.1, -0.05) is 0 Å². The fourth-order valence-electron chi connectivity index (χ4n) is 2.17. The molecule has 0 spiro atoms. The average Bonchev–Trinajstić information content (AvgIpc) is 2.89. The topological polar surface area (TPSA) is 67.4 Å². The van der Waals surface area contributed by atoms with Crippen LogP contribution in [0.25, 0.3) is 0 Å². The molecule has 2 rings (SSSR count). The third-order valence-corrected chi connectivity index (χ3v) is 3.00. The lowest BCUT2D eigenvalue weighted by Gasteiger charge is -2.24. The van der Waals surface area contributed by atoms with Gasteiger partial charge in [0.2, 0.25) is 5.91 Å². The number of nitrogens with one attached hydrogen (secondary N) is 2. The number of hydrogen-bond acceptors (Lipinski definition) is 3. The Kier molecular flexibility index (Phi) is 3.02. The third kappa shape index (κ3) is 3.35. The van der Waals surface area contributed by atoms with Gasteiger partial charge in [0.05, 0.1) is 12.1 Å². The summed E-state index contributed by atoms with van der Waals surface area (Å²) in [5, 5.41) is 5.72. The molecule has 2 fully saturated rings. The summed E-state index contributed by atoms with van der Waals surface area (Å²) in [7, 11) is 0. The van der Waals surface area contributed by atoms with E-state index in [1.807, 2.05) is 20.8 Å². The van der Waals surface area contributed by atoms with E-state index >= 15 is 0 Å². The summed E-state index contributed by atoms with van der Waals surface area (Å²) in [5.41, 5.74) is -0.505. The molecule has 96 valence electrons. The van der Waals surface area contributed by atoms with Crippen molar-refractivity contribution in [1.29, 1.82) is 0 Å². The Hall–Kier alpha value is -1.26. The summed E-state index contributed by atoms with van der Waals surface area (Å²) in [6, 6.07) is -0.0279. The fraction of sp³-hybridized carbons (Fsp3) is 0.833. The van der Waals surface area contributed by atoms with Crippen LogP contribution in [-0.2, 0) is 9.53 Å². The SMILES string of the molecule is CC(C)(C)OC(=O)N[C@H]1CC(=O)N[C@@H]1C1CC1. The van der Waals surface area contributed by atoms with Gasteiger partial charge < -0.3 is 15.4 Å². The van der Waals surface area contributed by atoms with Gasteiger partial charge in [0.25, 0.3) is 0 Å². The molecule has 1 saturated carbocycles. The van der Waals surface area contributed by atoms with Crippen LogP contribution in [0.3, 0.4) is 0 Å². The molecular formula is C12H20N2O3. The normalized spacial score (nSPS) is 28.8. The Morgan fingerprint density at radius 3 is 2.59 bits per heavy atom. The van der Waals surface area contributed by atoms with Gasteiger partial charge in [-0.05, 0) is 39.5 Å². The first-order chi connectivity index (χ1) is 7.85. The fourth-order valence-corrected chi connectivity index (χ4v) is 2.17. The lowest BCUT2D eigenvalue weighted by Crippen LogP contribution is -2.46. The van der Waals surface area contributed by atoms with Gasteiger partial charge in [-0.3, -0.25) is 4.79 Å². The summed E-state index contributed by atoms with van der Waals surface area (Å²) >= 11 is 0. The Bertz CT molecular complexity index is 331. The van der Waals surface area contributed by atoms with Crippen molar-refractivity contribution in [2.75, 3.05) is 0 Å². The molecule has 2 N–H and O–H groups in total. The molecule has 1 heterocycles. The number of carbonyl (C=O) groups excluding carboxylic acids is 2. The van der Waals surface area contributed by atoms with Crippen molar-refractivity contribution in [2.24, 2.45) is 5.92 Å². The number of rotatable bonds is 2. The second-order valence-electron chi connectivity index (χ2n) is 5.89. The van der Waals surface area contributed by atoms with Crippen molar-refractivity contribution >= 4 is 12.0 Å². The quantitative estimate of drug-likeness (QED) is 0.761. The first-order valence-electron chi connectivity index (χ1n) is 6.14. The molecule has 17 heavy (non-hydrogen) atoms. The number of alkyl carbamates (subject to hydrolysis) is 1. The second kappa shape index (κ2) is 4.20. The van der Waals surface area contributed by atoms with Crippen LogP contribution < -0.4 is 10.6 Å². The highest BCUT2D eigenvalue weighted by Crippen LogP contribution is 2.36. The molecule has 0 aromatic rings. The molecule has 2 amide bonds. The van der Waals surface area contributed by atoms with Gasteiger partial charge in [-0.15, -0.1) is 0 Å². The molecule has 1 aliphatic carbocycles. The minimum atomic E-state index is -0.505. The van der Waals surface area contributed by atoms with E-state index in [1.54, 1.807) is 0 Å². The van der Waals surface area contributed by atoms with Crippen molar-refractivity contribution in [2.45, 2.75) is 57.7 Å². The van der Waals surface area contributed by atoms with Crippen LogP contribution in [0.4, 0.5) is 4.79 Å². The minimum absolute atomic E-state index is 0.0166. The predicted molar refractivity (Wildman–Crippen MR) is 62.4 cm³/mol. The highest BCUT2D eigenvalue weighted by Gasteiger charge is 2.43. The van der Waals surface area contributed by atoms with Crippen LogP contribution in [0.5, 0.6) is 0 Å². The first kappa shape index (κ1) is 12.2. The highest BCUT2D eigenvalue weighted by molar-refractivity contribution is 5.81. The van der Waals surface area contributed by atoms with Crippen LogP contribution in [0.2, 0.25) is 0 Å². The summed E-state index contributed by atoms with van der Waals surface area (Å²) in [5.74, 6) is 0.546. The van der Waals surface area contributed by atoms with Crippen LogP contribution in [0, 0.1) is 5.92 Å². The van der Waals surface area contributed by atoms with E-state index < -0.39 is 11.7 Å². The zero-order valence-corrected chi connectivity index (χ0v) is 10.6. The summed E-state index contributed by atoms with van der Waals surface area (Å²) < 4.78 is 5.19. The Labute approximate surface area is 101 Å². The van der Waals surface area contributed by atoms with E-state index in [2.05, 4.69) is 10.6 Å². The molecule has 0 aromatic heterocycles. The number of carbonyl (C=O) groups is 2. The van der Waals surface area contributed by atoms with Crippen molar-refractivity contribution in [3.63, 3.8) is 0 Å². The van der Waals surface area contributed by atoms with Crippen molar-refractivity contribution in [3.8, 4) is 0 Å². The summed E-state index contributed by atoms with van der Waals surface area (Å²) in [6.45, 7) is 5.47. The van der Waals surface area contributed by atoms with E-state index in [9.17, 15) is 9.59 Å². The molecule has 5 heteroatoms. The van der Waals surface area contributed by atoms with E-state index in [1.165, 1.54) is 0 Å². The van der Waals surface area contributed by atoms with Gasteiger partial charge in [0, 0.05) is 6.42 Å². The molecule has 5 nitrogen and oxygen atoms in total. The molecule has 1 saturated heterocycles. The first-order valence-corrected chi connectivity index (χ1v) is 6.14. The largest absolute Gasteiger partial charge is 0.444 e. The molecule has 2 atom stereocenters. The summed E-state index contributed by atoms with van der Waals surface area (Å²) in [6.07, 6.45) is 2.19. The third-order valence-electron chi connectivity index (χ3n) is 3.00. The molecular weight excluding hydrogens is 220 g/mol. The number of hydrogen-bond donors (Lipinski definition) is 2. The summed E-state index contributed by atoms with van der Waals surface area (Å²) in [4.78, 5) is 23.0. The Morgan fingerprint density at radius 1 is 1.41 bits per heavy atom. The van der Waals surface area contributed by atoms with Gasteiger partial charge in [0.15, 0.2) is 0 Å². The molecule has 2 aliphatic rings.